The number of nitrogens with zero attached hydrogens (tertiary/aromatic N) is 4. The van der Waals surface area contributed by atoms with E-state index in [1.165, 1.54) is 6.07 Å². The number of aliphatic imine (C=N–C) groups is 1. The summed E-state index contributed by atoms with van der Waals surface area (Å²) < 4.78 is 32.4. The average molecular weight is 551 g/mol. The quantitative estimate of drug-likeness (QED) is 0.331. The summed E-state index contributed by atoms with van der Waals surface area (Å²) >= 11 is 0. The van der Waals surface area contributed by atoms with Gasteiger partial charge >= 0.3 is 0 Å². The summed E-state index contributed by atoms with van der Waals surface area (Å²) in [6.45, 7) is 9.17. The number of morpholine rings is 1. The van der Waals surface area contributed by atoms with Gasteiger partial charge in [-0.25, -0.2) is 8.78 Å². The van der Waals surface area contributed by atoms with Crippen LogP contribution in [0.4, 0.5) is 8.78 Å². The third-order valence-electron chi connectivity index (χ3n) is 5.38. The lowest BCUT2D eigenvalue weighted by Gasteiger charge is -2.37. The summed E-state index contributed by atoms with van der Waals surface area (Å²) in [7, 11) is 0. The number of halogens is 3. The number of guanidine groups is 1. The highest BCUT2D eigenvalue weighted by Gasteiger charge is 2.24. The van der Waals surface area contributed by atoms with Crippen LogP contribution < -0.4 is 5.32 Å². The molecular formula is C21H32F2IN5O2. The van der Waals surface area contributed by atoms with E-state index in [2.05, 4.69) is 20.1 Å². The van der Waals surface area contributed by atoms with E-state index in [0.717, 1.165) is 50.8 Å². The predicted octanol–water partition coefficient (Wildman–Crippen LogP) is 1.57. The minimum atomic E-state index is -0.440. The molecule has 10 heteroatoms. The Labute approximate surface area is 199 Å². The molecule has 0 bridgehead atoms. The van der Waals surface area contributed by atoms with Gasteiger partial charge in [0.05, 0.1) is 19.8 Å². The van der Waals surface area contributed by atoms with Crippen LogP contribution in [0.15, 0.2) is 23.2 Å². The first kappa shape index (κ1) is 25.7. The first-order valence-corrected chi connectivity index (χ1v) is 10.6. The fraction of sp³-hybridized carbons (Fsp3) is 0.619. The zero-order valence-corrected chi connectivity index (χ0v) is 20.3. The highest BCUT2D eigenvalue weighted by molar-refractivity contribution is 14.0. The van der Waals surface area contributed by atoms with Gasteiger partial charge in [0.1, 0.15) is 11.6 Å². The summed E-state index contributed by atoms with van der Waals surface area (Å²) in [5.41, 5.74) is 0.334. The van der Waals surface area contributed by atoms with Gasteiger partial charge in [0, 0.05) is 52.4 Å². The maximum absolute atomic E-state index is 13.8. The molecule has 2 aliphatic rings. The molecule has 2 heterocycles. The molecule has 3 rings (SSSR count). The SMILES string of the molecule is CCNC(=NCCc1cc(F)ccc1F)N1CCN(CC(=O)N2CCOCC2)CC1.I. The number of amides is 1. The second-order valence-electron chi connectivity index (χ2n) is 7.48. The number of hydrogen-bond donors (Lipinski definition) is 1. The van der Waals surface area contributed by atoms with Gasteiger partial charge in [-0.3, -0.25) is 14.7 Å². The molecule has 0 radical (unpaired) electrons. The lowest BCUT2D eigenvalue weighted by Crippen LogP contribution is -2.55. The third kappa shape index (κ3) is 7.83. The number of benzene rings is 1. The van der Waals surface area contributed by atoms with Crippen molar-refractivity contribution in [1.82, 2.24) is 20.0 Å². The molecule has 0 aliphatic carbocycles. The Morgan fingerprint density at radius 1 is 1.10 bits per heavy atom. The largest absolute Gasteiger partial charge is 0.378 e. The Hall–Kier alpha value is -1.53. The number of ether oxygens (including phenoxy) is 1. The minimum Gasteiger partial charge on any atom is -0.378 e. The third-order valence-corrected chi connectivity index (χ3v) is 5.38. The van der Waals surface area contributed by atoms with Crippen molar-refractivity contribution < 1.29 is 18.3 Å². The van der Waals surface area contributed by atoms with Gasteiger partial charge in [0.2, 0.25) is 5.91 Å². The van der Waals surface area contributed by atoms with Crippen molar-refractivity contribution in [2.24, 2.45) is 4.99 Å². The van der Waals surface area contributed by atoms with E-state index < -0.39 is 11.6 Å². The Kier molecular flexibility index (Phi) is 10.9. The van der Waals surface area contributed by atoms with E-state index in [0.29, 0.717) is 51.4 Å². The second kappa shape index (κ2) is 13.1. The lowest BCUT2D eigenvalue weighted by atomic mass is 10.1. The number of nitrogens with one attached hydrogen (secondary N) is 1. The molecule has 2 fully saturated rings. The molecule has 1 aromatic carbocycles. The topological polar surface area (TPSA) is 60.4 Å². The van der Waals surface area contributed by atoms with Crippen molar-refractivity contribution in [3.63, 3.8) is 0 Å². The van der Waals surface area contributed by atoms with Crippen molar-refractivity contribution >= 4 is 35.8 Å². The van der Waals surface area contributed by atoms with Crippen LogP contribution in [0.25, 0.3) is 0 Å². The maximum Gasteiger partial charge on any atom is 0.236 e. The van der Waals surface area contributed by atoms with Crippen LogP contribution in [-0.4, -0.2) is 98.7 Å². The summed E-state index contributed by atoms with van der Waals surface area (Å²) in [6, 6.07) is 3.49. The van der Waals surface area contributed by atoms with Gasteiger partial charge in [0.25, 0.3) is 0 Å². The van der Waals surface area contributed by atoms with Crippen molar-refractivity contribution in [2.45, 2.75) is 13.3 Å². The lowest BCUT2D eigenvalue weighted by molar-refractivity contribution is -0.136. The van der Waals surface area contributed by atoms with Gasteiger partial charge in [-0.05, 0) is 37.1 Å². The van der Waals surface area contributed by atoms with E-state index in [4.69, 9.17) is 4.74 Å². The van der Waals surface area contributed by atoms with E-state index >= 15 is 0 Å². The van der Waals surface area contributed by atoms with Crippen LogP contribution in [0.5, 0.6) is 0 Å². The van der Waals surface area contributed by atoms with Gasteiger partial charge < -0.3 is 19.9 Å². The highest BCUT2D eigenvalue weighted by atomic mass is 127. The summed E-state index contributed by atoms with van der Waals surface area (Å²) in [5, 5.41) is 3.27. The van der Waals surface area contributed by atoms with Crippen molar-refractivity contribution in [1.29, 1.82) is 0 Å². The average Bonchev–Trinajstić information content (AvgIpc) is 2.76. The zero-order chi connectivity index (χ0) is 21.3. The van der Waals surface area contributed by atoms with Crippen LogP contribution in [0, 0.1) is 11.6 Å². The van der Waals surface area contributed by atoms with E-state index in [1.54, 1.807) is 0 Å². The van der Waals surface area contributed by atoms with Crippen LogP contribution >= 0.6 is 24.0 Å². The fourth-order valence-corrected chi connectivity index (χ4v) is 3.66. The molecule has 2 aliphatic heterocycles. The molecule has 0 saturated carbocycles. The molecule has 7 nitrogen and oxygen atoms in total. The Morgan fingerprint density at radius 2 is 1.81 bits per heavy atom. The second-order valence-corrected chi connectivity index (χ2v) is 7.48. The van der Waals surface area contributed by atoms with Crippen molar-refractivity contribution in [2.75, 3.05) is 72.1 Å². The summed E-state index contributed by atoms with van der Waals surface area (Å²) in [5.74, 6) is 0.0816. The van der Waals surface area contributed by atoms with Crippen molar-refractivity contribution in [3.8, 4) is 0 Å². The van der Waals surface area contributed by atoms with Crippen molar-refractivity contribution in [3.05, 3.63) is 35.4 Å². The monoisotopic (exact) mass is 551 g/mol. The summed E-state index contributed by atoms with van der Waals surface area (Å²) in [6.07, 6.45) is 0.340. The standard InChI is InChI=1S/C21H31F2N5O2.HI/c1-2-24-21(25-6-5-17-15-18(22)3-4-19(17)23)28-9-7-26(8-10-28)16-20(29)27-11-13-30-14-12-27;/h3-4,15H,2,5-14,16H2,1H3,(H,24,25);1H. The molecule has 0 spiro atoms. The molecule has 0 atom stereocenters. The van der Waals surface area contributed by atoms with E-state index in [1.807, 2.05) is 11.8 Å². The zero-order valence-electron chi connectivity index (χ0n) is 18.0. The normalized spacial score (nSPS) is 18.0. The molecule has 0 aromatic heterocycles. The van der Waals surface area contributed by atoms with E-state index in [9.17, 15) is 13.6 Å². The van der Waals surface area contributed by atoms with Crippen LogP contribution in [0.1, 0.15) is 12.5 Å². The fourth-order valence-electron chi connectivity index (χ4n) is 3.66. The molecular weight excluding hydrogens is 519 g/mol. The van der Waals surface area contributed by atoms with E-state index in [-0.39, 0.29) is 29.9 Å². The van der Waals surface area contributed by atoms with Crippen LogP contribution in [0.3, 0.4) is 0 Å². The van der Waals surface area contributed by atoms with Gasteiger partial charge in [-0.15, -0.1) is 24.0 Å². The van der Waals surface area contributed by atoms with Gasteiger partial charge in [-0.2, -0.15) is 0 Å². The highest BCUT2D eigenvalue weighted by Crippen LogP contribution is 2.11. The Balaban J connectivity index is 0.00000341. The number of piperazine rings is 1. The first-order valence-electron chi connectivity index (χ1n) is 10.6. The number of rotatable bonds is 6. The van der Waals surface area contributed by atoms with Crippen LogP contribution in [0.2, 0.25) is 0 Å². The summed E-state index contributed by atoms with van der Waals surface area (Å²) in [4.78, 5) is 23.2. The van der Waals surface area contributed by atoms with Crippen LogP contribution in [-0.2, 0) is 16.0 Å². The first-order chi connectivity index (χ1) is 14.6. The predicted molar refractivity (Wildman–Crippen MR) is 127 cm³/mol. The molecule has 31 heavy (non-hydrogen) atoms. The minimum absolute atomic E-state index is 0. The molecule has 2 saturated heterocycles. The number of carbonyl (C=O) groups is 1. The Bertz CT molecular complexity index is 738. The smallest absolute Gasteiger partial charge is 0.236 e. The number of carbonyl (C=O) groups excluding carboxylic acids is 1. The maximum atomic E-state index is 13.8. The molecule has 174 valence electrons. The molecule has 1 N–H and O–H groups in total. The Morgan fingerprint density at radius 3 is 2.48 bits per heavy atom. The van der Waals surface area contributed by atoms with Gasteiger partial charge in [0.15, 0.2) is 5.96 Å². The number of hydrogen-bond acceptors (Lipinski definition) is 4. The molecule has 1 amide bonds. The van der Waals surface area contributed by atoms with Gasteiger partial charge in [-0.1, -0.05) is 0 Å². The molecule has 0 unspecified atom stereocenters. The molecule has 1 aromatic rings.